The summed E-state index contributed by atoms with van der Waals surface area (Å²) in [5, 5.41) is 3.58. The molecule has 0 bridgehead atoms. The van der Waals surface area contributed by atoms with Crippen molar-refractivity contribution in [3.63, 3.8) is 0 Å². The molecule has 0 heterocycles. The van der Waals surface area contributed by atoms with Crippen molar-refractivity contribution in [2.24, 2.45) is 0 Å². The second kappa shape index (κ2) is 8.85. The van der Waals surface area contributed by atoms with Crippen molar-refractivity contribution in [3.8, 4) is 28.0 Å². The van der Waals surface area contributed by atoms with E-state index in [2.05, 4.69) is 5.32 Å². The highest BCUT2D eigenvalue weighted by Crippen LogP contribution is 2.32. The minimum absolute atomic E-state index is 0.172. The van der Waals surface area contributed by atoms with E-state index in [9.17, 15) is 4.79 Å². The predicted octanol–water partition coefficient (Wildman–Crippen LogP) is 6.93. The number of halogens is 1. The third-order valence-corrected chi connectivity index (χ3v) is 5.17. The molecule has 148 valence electrons. The van der Waals surface area contributed by atoms with Gasteiger partial charge in [-0.25, -0.2) is 0 Å². The standard InChI is InChI=1S/C26H20ClNO2/c1-30-23-13-11-22(12-14-23)28-26(29)21-9-5-8-19(16-21)20-10-15-24(25(27)17-20)18-6-3-2-4-7-18/h2-17H,1H3,(H,28,29). The molecular weight excluding hydrogens is 394 g/mol. The number of benzene rings is 4. The number of rotatable bonds is 5. The first-order chi connectivity index (χ1) is 14.6. The van der Waals surface area contributed by atoms with Gasteiger partial charge in [0.25, 0.3) is 5.91 Å². The molecular formula is C26H20ClNO2. The fourth-order valence-electron chi connectivity index (χ4n) is 3.26. The lowest BCUT2D eigenvalue weighted by Crippen LogP contribution is -2.11. The molecule has 0 saturated carbocycles. The molecule has 0 spiro atoms. The largest absolute Gasteiger partial charge is 0.497 e. The fraction of sp³-hybridized carbons (Fsp3) is 0.0385. The van der Waals surface area contributed by atoms with Gasteiger partial charge in [-0.05, 0) is 59.2 Å². The molecule has 4 heteroatoms. The number of carbonyl (C=O) groups excluding carboxylic acids is 1. The van der Waals surface area contributed by atoms with Crippen LogP contribution in [0.1, 0.15) is 10.4 Å². The third-order valence-electron chi connectivity index (χ3n) is 4.86. The van der Waals surface area contributed by atoms with E-state index in [1.807, 2.05) is 91.0 Å². The molecule has 0 fully saturated rings. The first kappa shape index (κ1) is 19.7. The number of ether oxygens (including phenoxy) is 1. The minimum Gasteiger partial charge on any atom is -0.497 e. The Kier molecular flexibility index (Phi) is 5.82. The molecule has 0 unspecified atom stereocenters. The van der Waals surface area contributed by atoms with E-state index < -0.39 is 0 Å². The maximum absolute atomic E-state index is 12.7. The van der Waals surface area contributed by atoms with Gasteiger partial charge in [0.15, 0.2) is 0 Å². The summed E-state index contributed by atoms with van der Waals surface area (Å²) in [6, 6.07) is 30.7. The van der Waals surface area contributed by atoms with Crippen molar-refractivity contribution >= 4 is 23.2 Å². The Balaban J connectivity index is 1.57. The average molecular weight is 414 g/mol. The van der Waals surface area contributed by atoms with Crippen LogP contribution in [0.25, 0.3) is 22.3 Å². The highest BCUT2D eigenvalue weighted by Gasteiger charge is 2.10. The van der Waals surface area contributed by atoms with Crippen LogP contribution in [-0.4, -0.2) is 13.0 Å². The number of carbonyl (C=O) groups is 1. The molecule has 0 saturated heterocycles. The SMILES string of the molecule is COc1ccc(NC(=O)c2cccc(-c3ccc(-c4ccccc4)c(Cl)c3)c2)cc1. The first-order valence-corrected chi connectivity index (χ1v) is 9.92. The van der Waals surface area contributed by atoms with Gasteiger partial charge in [0.1, 0.15) is 5.75 Å². The van der Waals surface area contributed by atoms with E-state index in [-0.39, 0.29) is 5.91 Å². The fourth-order valence-corrected chi connectivity index (χ4v) is 3.55. The molecule has 0 aliphatic carbocycles. The molecule has 1 N–H and O–H groups in total. The van der Waals surface area contributed by atoms with Gasteiger partial charge >= 0.3 is 0 Å². The number of amides is 1. The van der Waals surface area contributed by atoms with E-state index in [1.54, 1.807) is 13.2 Å². The molecule has 30 heavy (non-hydrogen) atoms. The van der Waals surface area contributed by atoms with Gasteiger partial charge < -0.3 is 10.1 Å². The van der Waals surface area contributed by atoms with Gasteiger partial charge in [0.05, 0.1) is 7.11 Å². The normalized spacial score (nSPS) is 10.5. The molecule has 4 aromatic rings. The Morgan fingerprint density at radius 3 is 2.17 bits per heavy atom. The van der Waals surface area contributed by atoms with Crippen molar-refractivity contribution in [2.45, 2.75) is 0 Å². The van der Waals surface area contributed by atoms with Crippen LogP contribution in [0.15, 0.2) is 97.1 Å². The van der Waals surface area contributed by atoms with Crippen molar-refractivity contribution in [3.05, 3.63) is 108 Å². The van der Waals surface area contributed by atoms with Crippen LogP contribution in [0.3, 0.4) is 0 Å². The molecule has 4 rings (SSSR count). The monoisotopic (exact) mass is 413 g/mol. The van der Waals surface area contributed by atoms with Crippen LogP contribution in [-0.2, 0) is 0 Å². The molecule has 0 aliphatic heterocycles. The van der Waals surface area contributed by atoms with Crippen LogP contribution in [0.2, 0.25) is 5.02 Å². The maximum Gasteiger partial charge on any atom is 0.255 e. The number of hydrogen-bond donors (Lipinski definition) is 1. The quantitative estimate of drug-likeness (QED) is 0.385. The third kappa shape index (κ3) is 4.37. The van der Waals surface area contributed by atoms with E-state index in [4.69, 9.17) is 16.3 Å². The van der Waals surface area contributed by atoms with E-state index in [0.29, 0.717) is 16.3 Å². The summed E-state index contributed by atoms with van der Waals surface area (Å²) in [7, 11) is 1.61. The summed E-state index contributed by atoms with van der Waals surface area (Å²) in [4.78, 5) is 12.7. The van der Waals surface area contributed by atoms with Crippen LogP contribution in [0.4, 0.5) is 5.69 Å². The van der Waals surface area contributed by atoms with Gasteiger partial charge in [0.2, 0.25) is 0 Å². The van der Waals surface area contributed by atoms with Gasteiger partial charge in [-0.2, -0.15) is 0 Å². The lowest BCUT2D eigenvalue weighted by molar-refractivity contribution is 0.102. The molecule has 4 aromatic carbocycles. The van der Waals surface area contributed by atoms with E-state index in [1.165, 1.54) is 0 Å². The van der Waals surface area contributed by atoms with Crippen molar-refractivity contribution < 1.29 is 9.53 Å². The van der Waals surface area contributed by atoms with Gasteiger partial charge in [0, 0.05) is 21.8 Å². The highest BCUT2D eigenvalue weighted by molar-refractivity contribution is 6.33. The molecule has 3 nitrogen and oxygen atoms in total. The van der Waals surface area contributed by atoms with Crippen LogP contribution in [0.5, 0.6) is 5.75 Å². The Hall–Kier alpha value is -3.56. The van der Waals surface area contributed by atoms with Crippen molar-refractivity contribution in [1.82, 2.24) is 0 Å². The number of methoxy groups -OCH3 is 1. The van der Waals surface area contributed by atoms with Gasteiger partial charge in [-0.3, -0.25) is 4.79 Å². The van der Waals surface area contributed by atoms with Crippen LogP contribution in [0, 0.1) is 0 Å². The Labute approximate surface area is 180 Å². The topological polar surface area (TPSA) is 38.3 Å². The summed E-state index contributed by atoms with van der Waals surface area (Å²) >= 11 is 6.56. The lowest BCUT2D eigenvalue weighted by Gasteiger charge is -2.10. The predicted molar refractivity (Wildman–Crippen MR) is 123 cm³/mol. The Morgan fingerprint density at radius 2 is 1.47 bits per heavy atom. The average Bonchev–Trinajstić information content (AvgIpc) is 2.80. The van der Waals surface area contributed by atoms with Crippen molar-refractivity contribution in [1.29, 1.82) is 0 Å². The van der Waals surface area contributed by atoms with Crippen LogP contribution >= 0.6 is 11.6 Å². The summed E-state index contributed by atoms with van der Waals surface area (Å²) in [6.07, 6.45) is 0. The Bertz CT molecular complexity index is 1170. The zero-order valence-corrected chi connectivity index (χ0v) is 17.2. The van der Waals surface area contributed by atoms with Crippen molar-refractivity contribution in [2.75, 3.05) is 12.4 Å². The maximum atomic E-state index is 12.7. The second-order valence-electron chi connectivity index (χ2n) is 6.82. The first-order valence-electron chi connectivity index (χ1n) is 9.55. The molecule has 0 aromatic heterocycles. The molecule has 0 aliphatic rings. The highest BCUT2D eigenvalue weighted by atomic mass is 35.5. The second-order valence-corrected chi connectivity index (χ2v) is 7.23. The van der Waals surface area contributed by atoms with E-state index in [0.717, 1.165) is 28.0 Å². The van der Waals surface area contributed by atoms with Gasteiger partial charge in [-0.1, -0.05) is 66.2 Å². The molecule has 0 radical (unpaired) electrons. The van der Waals surface area contributed by atoms with E-state index >= 15 is 0 Å². The summed E-state index contributed by atoms with van der Waals surface area (Å²) in [5.41, 5.74) is 5.22. The number of hydrogen-bond acceptors (Lipinski definition) is 2. The number of anilines is 1. The summed E-state index contributed by atoms with van der Waals surface area (Å²) < 4.78 is 5.15. The summed E-state index contributed by atoms with van der Waals surface area (Å²) in [6.45, 7) is 0. The lowest BCUT2D eigenvalue weighted by atomic mass is 9.99. The molecule has 1 amide bonds. The smallest absolute Gasteiger partial charge is 0.255 e. The van der Waals surface area contributed by atoms with Crippen LogP contribution < -0.4 is 10.1 Å². The molecule has 0 atom stereocenters. The Morgan fingerprint density at radius 1 is 0.767 bits per heavy atom. The minimum atomic E-state index is -0.172. The summed E-state index contributed by atoms with van der Waals surface area (Å²) in [5.74, 6) is 0.569. The zero-order valence-electron chi connectivity index (χ0n) is 16.4. The number of nitrogens with one attached hydrogen (secondary N) is 1. The van der Waals surface area contributed by atoms with Gasteiger partial charge in [-0.15, -0.1) is 0 Å². The zero-order chi connectivity index (χ0) is 20.9.